The smallest absolute Gasteiger partial charge is 0.133 e. The van der Waals surface area contributed by atoms with Crippen molar-refractivity contribution in [2.75, 3.05) is 25.0 Å². The minimum atomic E-state index is -0.167. The van der Waals surface area contributed by atoms with Crippen LogP contribution in [0.15, 0.2) is 36.5 Å². The maximum atomic E-state index is 13.0. The second-order valence-electron chi connectivity index (χ2n) is 7.29. The predicted octanol–water partition coefficient (Wildman–Crippen LogP) is 3.59. The molecule has 0 N–H and O–H groups in total. The van der Waals surface area contributed by atoms with Crippen molar-refractivity contribution >= 4 is 5.82 Å². The molecule has 2 aromatic rings. The van der Waals surface area contributed by atoms with Crippen molar-refractivity contribution in [2.45, 2.75) is 44.2 Å². The molecule has 0 atom stereocenters. The summed E-state index contributed by atoms with van der Waals surface area (Å²) < 4.78 is 13.0. The SMILES string of the molecule is CN(c1ccnc(C2CC2)n1)C1CCN(Cc2ccc(F)cc2)CC1. The molecule has 5 heteroatoms. The van der Waals surface area contributed by atoms with Gasteiger partial charge in [0.1, 0.15) is 17.5 Å². The van der Waals surface area contributed by atoms with E-state index in [1.54, 1.807) is 12.1 Å². The van der Waals surface area contributed by atoms with Gasteiger partial charge in [-0.15, -0.1) is 0 Å². The summed E-state index contributed by atoms with van der Waals surface area (Å²) in [5.74, 6) is 2.48. The van der Waals surface area contributed by atoms with E-state index in [1.807, 2.05) is 24.4 Å². The van der Waals surface area contributed by atoms with E-state index in [1.165, 1.54) is 18.4 Å². The highest BCUT2D eigenvalue weighted by Gasteiger charge is 2.28. The van der Waals surface area contributed by atoms with E-state index >= 15 is 0 Å². The lowest BCUT2D eigenvalue weighted by Gasteiger charge is -2.37. The van der Waals surface area contributed by atoms with E-state index in [0.29, 0.717) is 12.0 Å². The lowest BCUT2D eigenvalue weighted by Crippen LogP contribution is -2.43. The molecule has 132 valence electrons. The van der Waals surface area contributed by atoms with E-state index in [9.17, 15) is 4.39 Å². The standard InChI is InChI=1S/C20H25FN4/c1-24(19-8-11-22-20(23-19)16-4-5-16)18-9-12-25(13-10-18)14-15-2-6-17(21)7-3-15/h2-3,6-8,11,16,18H,4-5,9-10,12-14H2,1H3. The van der Waals surface area contributed by atoms with E-state index in [2.05, 4.69) is 21.8 Å². The fraction of sp³-hybridized carbons (Fsp3) is 0.500. The Bertz CT molecular complexity index is 706. The van der Waals surface area contributed by atoms with Crippen LogP contribution in [0.2, 0.25) is 0 Å². The number of hydrogen-bond donors (Lipinski definition) is 0. The molecule has 0 bridgehead atoms. The van der Waals surface area contributed by atoms with Crippen LogP contribution >= 0.6 is 0 Å². The predicted molar refractivity (Wildman–Crippen MR) is 97.1 cm³/mol. The zero-order valence-electron chi connectivity index (χ0n) is 14.7. The first kappa shape index (κ1) is 16.5. The number of halogens is 1. The number of nitrogens with zero attached hydrogens (tertiary/aromatic N) is 4. The average molecular weight is 340 g/mol. The number of rotatable bonds is 5. The molecule has 25 heavy (non-hydrogen) atoms. The third-order valence-electron chi connectivity index (χ3n) is 5.39. The highest BCUT2D eigenvalue weighted by Crippen LogP contribution is 2.38. The van der Waals surface area contributed by atoms with Crippen LogP contribution in [0, 0.1) is 5.82 Å². The van der Waals surface area contributed by atoms with Crippen LogP contribution in [-0.2, 0) is 6.54 Å². The molecule has 2 fully saturated rings. The van der Waals surface area contributed by atoms with Crippen molar-refractivity contribution in [2.24, 2.45) is 0 Å². The minimum Gasteiger partial charge on any atom is -0.356 e. The van der Waals surface area contributed by atoms with Gasteiger partial charge in [-0.1, -0.05) is 12.1 Å². The first-order valence-corrected chi connectivity index (χ1v) is 9.21. The third-order valence-corrected chi connectivity index (χ3v) is 5.39. The Hall–Kier alpha value is -2.01. The Morgan fingerprint density at radius 2 is 1.80 bits per heavy atom. The molecule has 1 aromatic carbocycles. The monoisotopic (exact) mass is 340 g/mol. The molecule has 1 saturated heterocycles. The highest BCUT2D eigenvalue weighted by molar-refractivity contribution is 5.38. The summed E-state index contributed by atoms with van der Waals surface area (Å²) in [7, 11) is 2.15. The van der Waals surface area contributed by atoms with Crippen molar-refractivity contribution < 1.29 is 4.39 Å². The van der Waals surface area contributed by atoms with Crippen LogP contribution in [0.25, 0.3) is 0 Å². The summed E-state index contributed by atoms with van der Waals surface area (Å²) in [6.07, 6.45) is 6.61. The fourth-order valence-electron chi connectivity index (χ4n) is 3.60. The molecule has 4 nitrogen and oxygen atoms in total. The van der Waals surface area contributed by atoms with Gasteiger partial charge >= 0.3 is 0 Å². The lowest BCUT2D eigenvalue weighted by molar-refractivity contribution is 0.203. The van der Waals surface area contributed by atoms with Gasteiger partial charge in [0.2, 0.25) is 0 Å². The van der Waals surface area contributed by atoms with Crippen molar-refractivity contribution in [3.63, 3.8) is 0 Å². The topological polar surface area (TPSA) is 32.3 Å². The van der Waals surface area contributed by atoms with E-state index < -0.39 is 0 Å². The summed E-state index contributed by atoms with van der Waals surface area (Å²) in [6.45, 7) is 3.02. The van der Waals surface area contributed by atoms with Gasteiger partial charge in [-0.2, -0.15) is 0 Å². The molecule has 1 aliphatic heterocycles. The molecule has 4 rings (SSSR count). The second kappa shape index (κ2) is 7.08. The number of likely N-dealkylation sites (tertiary alicyclic amines) is 1. The Kier molecular flexibility index (Phi) is 4.66. The van der Waals surface area contributed by atoms with Gasteiger partial charge in [-0.05, 0) is 49.4 Å². The van der Waals surface area contributed by atoms with Gasteiger partial charge in [-0.25, -0.2) is 14.4 Å². The Labute approximate surface area is 148 Å². The Balaban J connectivity index is 1.33. The van der Waals surface area contributed by atoms with Crippen LogP contribution < -0.4 is 4.90 Å². The first-order chi connectivity index (χ1) is 12.2. The molecule has 0 spiro atoms. The number of benzene rings is 1. The number of piperidine rings is 1. The van der Waals surface area contributed by atoms with Gasteiger partial charge in [0.25, 0.3) is 0 Å². The normalized spacial score (nSPS) is 19.1. The number of anilines is 1. The van der Waals surface area contributed by atoms with E-state index in [-0.39, 0.29) is 5.82 Å². The summed E-state index contributed by atoms with van der Waals surface area (Å²) in [5, 5.41) is 0. The average Bonchev–Trinajstić information content (AvgIpc) is 3.49. The van der Waals surface area contributed by atoms with Crippen molar-refractivity contribution in [3.05, 3.63) is 53.7 Å². The van der Waals surface area contributed by atoms with Gasteiger partial charge in [0.15, 0.2) is 0 Å². The lowest BCUT2D eigenvalue weighted by atomic mass is 10.0. The second-order valence-corrected chi connectivity index (χ2v) is 7.29. The van der Waals surface area contributed by atoms with Gasteiger partial charge in [-0.3, -0.25) is 4.90 Å². The first-order valence-electron chi connectivity index (χ1n) is 9.21. The molecule has 2 aliphatic rings. The van der Waals surface area contributed by atoms with Crippen molar-refractivity contribution in [1.82, 2.24) is 14.9 Å². The fourth-order valence-corrected chi connectivity index (χ4v) is 3.60. The summed E-state index contributed by atoms with van der Waals surface area (Å²) >= 11 is 0. The molecular weight excluding hydrogens is 315 g/mol. The molecule has 1 saturated carbocycles. The van der Waals surface area contributed by atoms with Crippen molar-refractivity contribution in [3.8, 4) is 0 Å². The summed E-state index contributed by atoms with van der Waals surface area (Å²) in [5.41, 5.74) is 1.18. The molecule has 1 aromatic heterocycles. The van der Waals surface area contributed by atoms with Gasteiger partial charge in [0.05, 0.1) is 0 Å². The van der Waals surface area contributed by atoms with E-state index in [4.69, 9.17) is 4.98 Å². The van der Waals surface area contributed by atoms with Crippen LogP contribution in [0.1, 0.15) is 43.0 Å². The molecule has 0 radical (unpaired) electrons. The maximum Gasteiger partial charge on any atom is 0.133 e. The Morgan fingerprint density at radius 3 is 2.48 bits per heavy atom. The van der Waals surface area contributed by atoms with E-state index in [0.717, 1.165) is 44.1 Å². The zero-order valence-corrected chi connectivity index (χ0v) is 14.7. The molecule has 0 amide bonds. The maximum absolute atomic E-state index is 13.0. The highest BCUT2D eigenvalue weighted by atomic mass is 19.1. The Morgan fingerprint density at radius 1 is 1.08 bits per heavy atom. The number of hydrogen-bond acceptors (Lipinski definition) is 4. The number of aromatic nitrogens is 2. The molecule has 2 heterocycles. The minimum absolute atomic E-state index is 0.167. The zero-order chi connectivity index (χ0) is 17.2. The third kappa shape index (κ3) is 3.98. The molecule has 1 aliphatic carbocycles. The summed E-state index contributed by atoms with van der Waals surface area (Å²) in [6, 6.07) is 9.40. The van der Waals surface area contributed by atoms with Crippen LogP contribution in [0.4, 0.5) is 10.2 Å². The van der Waals surface area contributed by atoms with Gasteiger partial charge in [0, 0.05) is 44.8 Å². The molecular formula is C20H25FN4. The summed E-state index contributed by atoms with van der Waals surface area (Å²) in [4.78, 5) is 14.0. The van der Waals surface area contributed by atoms with Crippen molar-refractivity contribution in [1.29, 1.82) is 0 Å². The quantitative estimate of drug-likeness (QED) is 0.832. The van der Waals surface area contributed by atoms with Crippen LogP contribution in [0.5, 0.6) is 0 Å². The molecule has 0 unspecified atom stereocenters. The van der Waals surface area contributed by atoms with Crippen LogP contribution in [0.3, 0.4) is 0 Å². The van der Waals surface area contributed by atoms with Gasteiger partial charge < -0.3 is 4.90 Å². The largest absolute Gasteiger partial charge is 0.356 e. The van der Waals surface area contributed by atoms with Crippen LogP contribution in [-0.4, -0.2) is 41.0 Å².